The average molecular weight is 405 g/mol. The summed E-state index contributed by atoms with van der Waals surface area (Å²) in [4.78, 5) is 31.5. The lowest BCUT2D eigenvalue weighted by Crippen LogP contribution is -2.36. The van der Waals surface area contributed by atoms with E-state index >= 15 is 0 Å². The number of nitrogens with zero attached hydrogens (tertiary/aromatic N) is 4. The minimum atomic E-state index is -0.492. The number of carbonyl (C=O) groups is 1. The van der Waals surface area contributed by atoms with Crippen molar-refractivity contribution < 1.29 is 9.72 Å². The Bertz CT molecular complexity index is 988. The molecule has 7 nitrogen and oxygen atoms in total. The monoisotopic (exact) mass is 404 g/mol. The van der Waals surface area contributed by atoms with Gasteiger partial charge in [-0.15, -0.1) is 0 Å². The van der Waals surface area contributed by atoms with E-state index in [1.54, 1.807) is 11.0 Å². The molecule has 0 saturated heterocycles. The van der Waals surface area contributed by atoms with E-state index in [4.69, 9.17) is 11.6 Å². The Balaban J connectivity index is 1.97. The fourth-order valence-electron chi connectivity index (χ4n) is 2.48. The molecule has 140 valence electrons. The predicted molar refractivity (Wildman–Crippen MR) is 108 cm³/mol. The third-order valence-corrected chi connectivity index (χ3v) is 5.28. The summed E-state index contributed by atoms with van der Waals surface area (Å²) in [5, 5.41) is 11.9. The number of likely N-dealkylation sites (N-methyl/N-ethyl adjacent to an activating group) is 1. The average Bonchev–Trinajstić information content (AvgIpc) is 3.07. The molecular weight excluding hydrogens is 388 g/mol. The molecule has 1 amide bonds. The second kappa shape index (κ2) is 7.99. The molecule has 3 aromatic rings. The lowest BCUT2D eigenvalue weighted by atomic mass is 10.2. The van der Waals surface area contributed by atoms with E-state index in [-0.39, 0.29) is 11.6 Å². The fourth-order valence-corrected chi connectivity index (χ4v) is 3.77. The molecule has 27 heavy (non-hydrogen) atoms. The van der Waals surface area contributed by atoms with Gasteiger partial charge in [0.1, 0.15) is 5.52 Å². The fraction of sp³-hybridized carbons (Fsp3) is 0.222. The molecule has 2 aromatic carbocycles. The summed E-state index contributed by atoms with van der Waals surface area (Å²) in [6.45, 7) is 1.07. The minimum absolute atomic E-state index is 0.0573. The molecule has 0 N–H and O–H groups in total. The molecule has 0 atom stereocenters. The SMILES string of the molecule is CN(C)CCN(C(=O)c1ccc([N+](=O)[O-])cc1)c1nc2c(Cl)cccc2s1. The van der Waals surface area contributed by atoms with E-state index in [2.05, 4.69) is 4.98 Å². The summed E-state index contributed by atoms with van der Waals surface area (Å²) in [5.41, 5.74) is 0.966. The maximum Gasteiger partial charge on any atom is 0.269 e. The zero-order valence-corrected chi connectivity index (χ0v) is 16.3. The van der Waals surface area contributed by atoms with Crippen LogP contribution in [0.15, 0.2) is 42.5 Å². The van der Waals surface area contributed by atoms with E-state index in [0.29, 0.717) is 34.3 Å². The van der Waals surface area contributed by atoms with Gasteiger partial charge in [0.25, 0.3) is 11.6 Å². The first-order valence-electron chi connectivity index (χ1n) is 8.13. The van der Waals surface area contributed by atoms with Crippen LogP contribution in [0, 0.1) is 10.1 Å². The Morgan fingerprint density at radius 3 is 2.48 bits per heavy atom. The number of hydrogen-bond acceptors (Lipinski definition) is 6. The molecule has 0 radical (unpaired) electrons. The molecule has 0 saturated carbocycles. The highest BCUT2D eigenvalue weighted by Gasteiger charge is 2.22. The summed E-state index contributed by atoms with van der Waals surface area (Å²) in [5.74, 6) is -0.262. The maximum atomic E-state index is 13.1. The van der Waals surface area contributed by atoms with Gasteiger partial charge in [-0.05, 0) is 38.4 Å². The summed E-state index contributed by atoms with van der Waals surface area (Å²) >= 11 is 7.60. The number of nitro benzene ring substituents is 1. The van der Waals surface area contributed by atoms with Gasteiger partial charge in [0.2, 0.25) is 0 Å². The molecule has 3 rings (SSSR count). The zero-order valence-electron chi connectivity index (χ0n) is 14.8. The van der Waals surface area contributed by atoms with Crippen molar-refractivity contribution in [3.63, 3.8) is 0 Å². The van der Waals surface area contributed by atoms with Gasteiger partial charge in [-0.2, -0.15) is 0 Å². The number of thiazole rings is 1. The van der Waals surface area contributed by atoms with E-state index in [1.807, 2.05) is 31.1 Å². The van der Waals surface area contributed by atoms with Crippen LogP contribution in [0.5, 0.6) is 0 Å². The predicted octanol–water partition coefficient (Wildman–Crippen LogP) is 4.07. The van der Waals surface area contributed by atoms with Crippen LogP contribution < -0.4 is 4.90 Å². The van der Waals surface area contributed by atoms with Gasteiger partial charge in [-0.25, -0.2) is 4.98 Å². The number of non-ortho nitro benzene ring substituents is 1. The minimum Gasteiger partial charge on any atom is -0.308 e. The number of aromatic nitrogens is 1. The van der Waals surface area contributed by atoms with Gasteiger partial charge in [0.15, 0.2) is 5.13 Å². The first kappa shape index (κ1) is 19.2. The number of para-hydroxylation sites is 1. The molecular formula is C18H17ClN4O3S. The highest BCUT2D eigenvalue weighted by atomic mass is 35.5. The van der Waals surface area contributed by atoms with Crippen LogP contribution in [0.25, 0.3) is 10.2 Å². The third kappa shape index (κ3) is 4.24. The molecule has 0 spiro atoms. The van der Waals surface area contributed by atoms with E-state index in [0.717, 1.165) is 4.70 Å². The maximum absolute atomic E-state index is 13.1. The van der Waals surface area contributed by atoms with E-state index in [9.17, 15) is 14.9 Å². The third-order valence-electron chi connectivity index (χ3n) is 3.93. The van der Waals surface area contributed by atoms with Crippen molar-refractivity contribution in [1.82, 2.24) is 9.88 Å². The molecule has 0 unspecified atom stereocenters. The highest BCUT2D eigenvalue weighted by molar-refractivity contribution is 7.22. The molecule has 0 bridgehead atoms. The number of benzene rings is 2. The number of amides is 1. The number of hydrogen-bond donors (Lipinski definition) is 0. The number of fused-ring (bicyclic) bond motifs is 1. The van der Waals surface area contributed by atoms with Gasteiger partial charge in [0.05, 0.1) is 14.6 Å². The highest BCUT2D eigenvalue weighted by Crippen LogP contribution is 2.33. The second-order valence-corrected chi connectivity index (χ2v) is 7.56. The normalized spacial score (nSPS) is 11.1. The first-order chi connectivity index (χ1) is 12.9. The van der Waals surface area contributed by atoms with Gasteiger partial charge in [-0.3, -0.25) is 19.8 Å². The molecule has 9 heteroatoms. The van der Waals surface area contributed by atoms with E-state index in [1.165, 1.54) is 35.6 Å². The summed E-state index contributed by atoms with van der Waals surface area (Å²) in [7, 11) is 3.84. The Morgan fingerprint density at radius 1 is 1.19 bits per heavy atom. The standard InChI is InChI=1S/C18H17ClN4O3S/c1-21(2)10-11-22(17(24)12-6-8-13(9-7-12)23(25)26)18-20-16-14(19)4-3-5-15(16)27-18/h3-9H,10-11H2,1-2H3. The van der Waals surface area contributed by atoms with Crippen LogP contribution in [0.4, 0.5) is 10.8 Å². The van der Waals surface area contributed by atoms with Crippen molar-refractivity contribution in [3.8, 4) is 0 Å². The first-order valence-corrected chi connectivity index (χ1v) is 9.32. The largest absolute Gasteiger partial charge is 0.308 e. The smallest absolute Gasteiger partial charge is 0.269 e. The van der Waals surface area contributed by atoms with Crippen molar-refractivity contribution in [2.75, 3.05) is 32.1 Å². The van der Waals surface area contributed by atoms with Gasteiger partial charge in [-0.1, -0.05) is 29.0 Å². The van der Waals surface area contributed by atoms with Crippen LogP contribution in [0.2, 0.25) is 5.02 Å². The quantitative estimate of drug-likeness (QED) is 0.457. The van der Waals surface area contributed by atoms with Crippen LogP contribution in [0.1, 0.15) is 10.4 Å². The van der Waals surface area contributed by atoms with Crippen molar-refractivity contribution in [2.24, 2.45) is 0 Å². The van der Waals surface area contributed by atoms with Crippen LogP contribution in [0.3, 0.4) is 0 Å². The number of anilines is 1. The van der Waals surface area contributed by atoms with Crippen molar-refractivity contribution in [3.05, 3.63) is 63.2 Å². The zero-order chi connectivity index (χ0) is 19.6. The molecule has 0 aliphatic carbocycles. The Kier molecular flexibility index (Phi) is 5.69. The molecule has 1 aromatic heterocycles. The Labute approximate surface area is 164 Å². The van der Waals surface area contributed by atoms with Gasteiger partial charge < -0.3 is 4.90 Å². The second-order valence-electron chi connectivity index (χ2n) is 6.15. The number of halogens is 1. The number of carbonyl (C=O) groups excluding carboxylic acids is 1. The summed E-state index contributed by atoms with van der Waals surface area (Å²) < 4.78 is 0.892. The van der Waals surface area contributed by atoms with Gasteiger partial charge >= 0.3 is 0 Å². The Hall–Kier alpha value is -2.55. The topological polar surface area (TPSA) is 79.6 Å². The lowest BCUT2D eigenvalue weighted by Gasteiger charge is -2.22. The van der Waals surface area contributed by atoms with Crippen LogP contribution >= 0.6 is 22.9 Å². The molecule has 0 aliphatic rings. The van der Waals surface area contributed by atoms with Gasteiger partial charge in [0, 0.05) is 30.8 Å². The van der Waals surface area contributed by atoms with Crippen molar-refractivity contribution >= 4 is 49.9 Å². The molecule has 1 heterocycles. The number of nitro groups is 1. The van der Waals surface area contributed by atoms with Crippen LogP contribution in [-0.2, 0) is 0 Å². The number of rotatable bonds is 6. The van der Waals surface area contributed by atoms with Crippen molar-refractivity contribution in [1.29, 1.82) is 0 Å². The van der Waals surface area contributed by atoms with E-state index < -0.39 is 4.92 Å². The summed E-state index contributed by atoms with van der Waals surface area (Å²) in [6, 6.07) is 11.1. The summed E-state index contributed by atoms with van der Waals surface area (Å²) in [6.07, 6.45) is 0. The molecule has 0 fully saturated rings. The van der Waals surface area contributed by atoms with Crippen molar-refractivity contribution in [2.45, 2.75) is 0 Å². The van der Waals surface area contributed by atoms with Crippen LogP contribution in [-0.4, -0.2) is 47.9 Å². The Morgan fingerprint density at radius 2 is 1.89 bits per heavy atom. The lowest BCUT2D eigenvalue weighted by molar-refractivity contribution is -0.384. The molecule has 0 aliphatic heterocycles.